The number of ether oxygens (including phenoxy) is 1. The Morgan fingerprint density at radius 1 is 1.19 bits per heavy atom. The second-order valence-electron chi connectivity index (χ2n) is 5.93. The zero-order valence-corrected chi connectivity index (χ0v) is 15.8. The first-order valence-corrected chi connectivity index (χ1v) is 9.54. The smallest absolute Gasteiger partial charge is 0.263 e. The zero-order valence-electron chi connectivity index (χ0n) is 14.1. The molecule has 136 valence electrons. The van der Waals surface area contributed by atoms with Crippen LogP contribution in [0.15, 0.2) is 59.6 Å². The standard InChI is InChI=1S/C20H15FN2O2S2/c21-15-6-2-4-8-17(15)25-10-9-23-12-13(14-5-1-3-7-16(14)23)11-18-19(24)22-20(26)27-18/h1-8,11-12H,9-10H2,(H,22,24,26)/b18-11+. The lowest BCUT2D eigenvalue weighted by Crippen LogP contribution is -2.17. The monoisotopic (exact) mass is 398 g/mol. The van der Waals surface area contributed by atoms with Crippen molar-refractivity contribution in [1.82, 2.24) is 9.88 Å². The fraction of sp³-hybridized carbons (Fsp3) is 0.100. The van der Waals surface area contributed by atoms with Crippen LogP contribution in [0.25, 0.3) is 17.0 Å². The molecule has 0 atom stereocenters. The van der Waals surface area contributed by atoms with Crippen molar-refractivity contribution in [3.05, 3.63) is 71.0 Å². The van der Waals surface area contributed by atoms with Gasteiger partial charge in [0.25, 0.3) is 5.91 Å². The van der Waals surface area contributed by atoms with Crippen LogP contribution in [0.1, 0.15) is 5.56 Å². The minimum Gasteiger partial charge on any atom is -0.489 e. The molecule has 27 heavy (non-hydrogen) atoms. The summed E-state index contributed by atoms with van der Waals surface area (Å²) in [6, 6.07) is 14.3. The number of fused-ring (bicyclic) bond motifs is 1. The van der Waals surface area contributed by atoms with Crippen molar-refractivity contribution >= 4 is 51.2 Å². The summed E-state index contributed by atoms with van der Waals surface area (Å²) in [5.74, 6) is -0.311. The number of para-hydroxylation sites is 2. The molecule has 0 radical (unpaired) electrons. The van der Waals surface area contributed by atoms with Crippen molar-refractivity contribution in [1.29, 1.82) is 0 Å². The fourth-order valence-corrected chi connectivity index (χ4v) is 3.99. The number of thiocarbonyl (C=S) groups is 1. The van der Waals surface area contributed by atoms with Gasteiger partial charge in [-0.2, -0.15) is 0 Å². The molecule has 1 aromatic heterocycles. The SMILES string of the molecule is O=C1NC(=S)S/C1=C/c1cn(CCOc2ccccc2F)c2ccccc12. The van der Waals surface area contributed by atoms with Gasteiger partial charge in [-0.25, -0.2) is 4.39 Å². The molecule has 4 nitrogen and oxygen atoms in total. The van der Waals surface area contributed by atoms with E-state index in [4.69, 9.17) is 17.0 Å². The molecule has 1 N–H and O–H groups in total. The van der Waals surface area contributed by atoms with Crippen LogP contribution in [0.3, 0.4) is 0 Å². The normalized spacial score (nSPS) is 15.5. The van der Waals surface area contributed by atoms with E-state index in [9.17, 15) is 9.18 Å². The van der Waals surface area contributed by atoms with Crippen LogP contribution >= 0.6 is 24.0 Å². The third-order valence-electron chi connectivity index (χ3n) is 4.17. The van der Waals surface area contributed by atoms with Gasteiger partial charge in [-0.05, 0) is 24.3 Å². The maximum Gasteiger partial charge on any atom is 0.263 e. The minimum atomic E-state index is -0.375. The van der Waals surface area contributed by atoms with Crippen LogP contribution in [-0.4, -0.2) is 21.4 Å². The van der Waals surface area contributed by atoms with E-state index in [0.717, 1.165) is 16.5 Å². The molecule has 7 heteroatoms. The Kier molecular flexibility index (Phi) is 4.96. The van der Waals surface area contributed by atoms with Crippen molar-refractivity contribution in [2.24, 2.45) is 0 Å². The predicted octanol–water partition coefficient (Wildman–Crippen LogP) is 4.35. The summed E-state index contributed by atoms with van der Waals surface area (Å²) in [4.78, 5) is 12.5. The predicted molar refractivity (Wildman–Crippen MR) is 110 cm³/mol. The lowest BCUT2D eigenvalue weighted by Gasteiger charge is -2.08. The van der Waals surface area contributed by atoms with E-state index in [0.29, 0.717) is 22.4 Å². The number of amides is 1. The molecule has 1 aliphatic heterocycles. The third-order valence-corrected chi connectivity index (χ3v) is 5.34. The number of aromatic nitrogens is 1. The van der Waals surface area contributed by atoms with Crippen molar-refractivity contribution < 1.29 is 13.9 Å². The molecule has 0 aliphatic carbocycles. The molecule has 2 heterocycles. The number of hydrogen-bond donors (Lipinski definition) is 1. The first kappa shape index (κ1) is 17.8. The van der Waals surface area contributed by atoms with Crippen LogP contribution in [-0.2, 0) is 11.3 Å². The van der Waals surface area contributed by atoms with Gasteiger partial charge in [0.05, 0.1) is 11.4 Å². The number of nitrogens with one attached hydrogen (secondary N) is 1. The molecule has 1 aliphatic rings. The number of carbonyl (C=O) groups is 1. The number of benzene rings is 2. The summed E-state index contributed by atoms with van der Waals surface area (Å²) >= 11 is 6.30. The van der Waals surface area contributed by atoms with Crippen LogP contribution in [0, 0.1) is 5.82 Å². The number of rotatable bonds is 5. The first-order chi connectivity index (χ1) is 13.1. The number of nitrogens with zero attached hydrogens (tertiary/aromatic N) is 1. The molecule has 1 amide bonds. The van der Waals surface area contributed by atoms with Gasteiger partial charge in [-0.3, -0.25) is 4.79 Å². The summed E-state index contributed by atoms with van der Waals surface area (Å²) < 4.78 is 21.8. The van der Waals surface area contributed by atoms with Crippen molar-refractivity contribution in [3.63, 3.8) is 0 Å². The van der Waals surface area contributed by atoms with Gasteiger partial charge in [0.2, 0.25) is 0 Å². The molecule has 3 aromatic rings. The summed E-state index contributed by atoms with van der Waals surface area (Å²) in [5.41, 5.74) is 1.95. The molecule has 2 aromatic carbocycles. The summed E-state index contributed by atoms with van der Waals surface area (Å²) in [6.07, 6.45) is 3.81. The Morgan fingerprint density at radius 3 is 2.74 bits per heavy atom. The number of hydrogen-bond acceptors (Lipinski definition) is 4. The average Bonchev–Trinajstić information content (AvgIpc) is 3.17. The molecule has 0 unspecified atom stereocenters. The quantitative estimate of drug-likeness (QED) is 0.513. The Bertz CT molecular complexity index is 1070. The Labute approximate surface area is 165 Å². The molecule has 1 fully saturated rings. The lowest BCUT2D eigenvalue weighted by atomic mass is 10.1. The Morgan fingerprint density at radius 2 is 1.96 bits per heavy atom. The number of thioether (sulfide) groups is 1. The maximum atomic E-state index is 13.7. The largest absolute Gasteiger partial charge is 0.489 e. The van der Waals surface area contributed by atoms with E-state index in [1.165, 1.54) is 17.8 Å². The van der Waals surface area contributed by atoms with Gasteiger partial charge in [0.1, 0.15) is 10.9 Å². The van der Waals surface area contributed by atoms with E-state index in [1.54, 1.807) is 18.2 Å². The molecule has 0 spiro atoms. The topological polar surface area (TPSA) is 43.3 Å². The molecular formula is C20H15FN2O2S2. The second-order valence-corrected chi connectivity index (χ2v) is 7.64. The highest BCUT2D eigenvalue weighted by molar-refractivity contribution is 8.26. The zero-order chi connectivity index (χ0) is 18.8. The minimum absolute atomic E-state index is 0.176. The molecule has 1 saturated heterocycles. The fourth-order valence-electron chi connectivity index (χ4n) is 2.95. The van der Waals surface area contributed by atoms with Crippen LogP contribution in [0.4, 0.5) is 4.39 Å². The van der Waals surface area contributed by atoms with Gasteiger partial charge in [0.15, 0.2) is 11.6 Å². The van der Waals surface area contributed by atoms with Gasteiger partial charge in [0, 0.05) is 22.7 Å². The second kappa shape index (κ2) is 7.54. The van der Waals surface area contributed by atoms with Crippen molar-refractivity contribution in [2.75, 3.05) is 6.61 Å². The van der Waals surface area contributed by atoms with E-state index < -0.39 is 0 Å². The summed E-state index contributed by atoms with van der Waals surface area (Å²) in [7, 11) is 0. The summed E-state index contributed by atoms with van der Waals surface area (Å²) in [5, 5.41) is 3.65. The first-order valence-electron chi connectivity index (χ1n) is 8.32. The van der Waals surface area contributed by atoms with E-state index in [1.807, 2.05) is 41.1 Å². The highest BCUT2D eigenvalue weighted by Crippen LogP contribution is 2.29. The van der Waals surface area contributed by atoms with Gasteiger partial charge in [-0.15, -0.1) is 0 Å². The van der Waals surface area contributed by atoms with Crippen molar-refractivity contribution in [2.45, 2.75) is 6.54 Å². The van der Waals surface area contributed by atoms with E-state index in [-0.39, 0.29) is 17.5 Å². The lowest BCUT2D eigenvalue weighted by molar-refractivity contribution is -0.115. The Balaban J connectivity index is 1.59. The average molecular weight is 398 g/mol. The highest BCUT2D eigenvalue weighted by atomic mass is 32.2. The molecular weight excluding hydrogens is 383 g/mol. The van der Waals surface area contributed by atoms with Crippen LogP contribution < -0.4 is 10.1 Å². The van der Waals surface area contributed by atoms with Crippen LogP contribution in [0.2, 0.25) is 0 Å². The maximum absolute atomic E-state index is 13.7. The van der Waals surface area contributed by atoms with Crippen molar-refractivity contribution in [3.8, 4) is 5.75 Å². The number of halogens is 1. The van der Waals surface area contributed by atoms with E-state index >= 15 is 0 Å². The summed E-state index contributed by atoms with van der Waals surface area (Å²) in [6.45, 7) is 0.880. The van der Waals surface area contributed by atoms with Gasteiger partial charge in [-0.1, -0.05) is 54.3 Å². The Hall–Kier alpha value is -2.64. The van der Waals surface area contributed by atoms with Crippen LogP contribution in [0.5, 0.6) is 5.75 Å². The molecule has 4 rings (SSSR count). The molecule has 0 bridgehead atoms. The number of carbonyl (C=O) groups excluding carboxylic acids is 1. The molecule has 0 saturated carbocycles. The van der Waals surface area contributed by atoms with E-state index in [2.05, 4.69) is 5.32 Å². The van der Waals surface area contributed by atoms with Gasteiger partial charge < -0.3 is 14.6 Å². The van der Waals surface area contributed by atoms with Gasteiger partial charge >= 0.3 is 0 Å². The highest BCUT2D eigenvalue weighted by Gasteiger charge is 2.22. The third kappa shape index (κ3) is 3.74.